The third-order valence-electron chi connectivity index (χ3n) is 2.60. The van der Waals surface area contributed by atoms with Gasteiger partial charge in [0.2, 0.25) is 0 Å². The van der Waals surface area contributed by atoms with Gasteiger partial charge in [0.1, 0.15) is 5.82 Å². The molecule has 0 radical (unpaired) electrons. The average molecular weight is 316 g/mol. The molecule has 0 bridgehead atoms. The van der Waals surface area contributed by atoms with Gasteiger partial charge in [-0.05, 0) is 40.0 Å². The van der Waals surface area contributed by atoms with Crippen LogP contribution in [-0.2, 0) is 4.74 Å². The second-order valence-electron chi connectivity index (χ2n) is 4.00. The molecule has 0 heterocycles. The fraction of sp³-hybridized carbons (Fsp3) is 0.429. The summed E-state index contributed by atoms with van der Waals surface area (Å²) in [5.74, 6) is -0.233. The van der Waals surface area contributed by atoms with E-state index in [2.05, 4.69) is 34.2 Å². The van der Waals surface area contributed by atoms with Crippen molar-refractivity contribution >= 4 is 22.0 Å². The summed E-state index contributed by atoms with van der Waals surface area (Å²) in [6, 6.07) is 5.05. The average Bonchev–Trinajstić information content (AvgIpc) is 2.37. The molecule has 0 aromatic heterocycles. The monoisotopic (exact) mass is 315 g/mol. The summed E-state index contributed by atoms with van der Waals surface area (Å²) in [6.45, 7) is 4.48. The van der Waals surface area contributed by atoms with Crippen LogP contribution in [0.25, 0.3) is 6.08 Å². The lowest BCUT2D eigenvalue weighted by molar-refractivity contribution is 0.200. The van der Waals surface area contributed by atoms with E-state index >= 15 is 0 Å². The van der Waals surface area contributed by atoms with Crippen molar-refractivity contribution < 1.29 is 9.13 Å². The minimum atomic E-state index is -0.233. The van der Waals surface area contributed by atoms with Gasteiger partial charge in [0.25, 0.3) is 0 Å². The van der Waals surface area contributed by atoms with Gasteiger partial charge in [-0.2, -0.15) is 0 Å². The van der Waals surface area contributed by atoms with Gasteiger partial charge in [0.15, 0.2) is 0 Å². The van der Waals surface area contributed by atoms with E-state index in [-0.39, 0.29) is 5.82 Å². The highest BCUT2D eigenvalue weighted by molar-refractivity contribution is 9.10. The second kappa shape index (κ2) is 8.40. The van der Waals surface area contributed by atoms with Crippen LogP contribution >= 0.6 is 15.9 Å². The first kappa shape index (κ1) is 15.3. The fourth-order valence-electron chi connectivity index (χ4n) is 1.54. The van der Waals surface area contributed by atoms with E-state index in [0.717, 1.165) is 25.1 Å². The Kier molecular flexibility index (Phi) is 7.16. The Labute approximate surface area is 116 Å². The Morgan fingerprint density at radius 3 is 2.89 bits per heavy atom. The maximum Gasteiger partial charge on any atom is 0.137 e. The molecule has 0 aliphatic carbocycles. The molecule has 1 aromatic rings. The summed E-state index contributed by atoms with van der Waals surface area (Å²) in [7, 11) is 1.69. The van der Waals surface area contributed by atoms with Crippen LogP contribution in [0.5, 0.6) is 0 Å². The third kappa shape index (κ3) is 5.29. The first-order valence-corrected chi connectivity index (χ1v) is 6.80. The molecular formula is C14H19BrFNO. The molecule has 1 N–H and O–H groups in total. The van der Waals surface area contributed by atoms with Crippen molar-refractivity contribution in [2.24, 2.45) is 0 Å². The van der Waals surface area contributed by atoms with Gasteiger partial charge in [-0.25, -0.2) is 4.39 Å². The minimum Gasteiger partial charge on any atom is -0.383 e. The molecule has 0 aliphatic heterocycles. The molecule has 18 heavy (non-hydrogen) atoms. The molecule has 4 heteroatoms. The topological polar surface area (TPSA) is 21.3 Å². The predicted molar refractivity (Wildman–Crippen MR) is 77.1 cm³/mol. The zero-order valence-corrected chi connectivity index (χ0v) is 12.4. The molecular weight excluding hydrogens is 297 g/mol. The van der Waals surface area contributed by atoms with E-state index in [4.69, 9.17) is 4.74 Å². The maximum atomic E-state index is 13.1. The summed E-state index contributed by atoms with van der Waals surface area (Å²) >= 11 is 3.19. The van der Waals surface area contributed by atoms with E-state index < -0.39 is 0 Å². The van der Waals surface area contributed by atoms with E-state index in [1.807, 2.05) is 0 Å². The van der Waals surface area contributed by atoms with Crippen molar-refractivity contribution in [1.82, 2.24) is 5.32 Å². The zero-order valence-electron chi connectivity index (χ0n) is 10.8. The molecule has 0 fully saturated rings. The Morgan fingerprint density at radius 1 is 1.50 bits per heavy atom. The second-order valence-corrected chi connectivity index (χ2v) is 4.85. The molecule has 0 saturated heterocycles. The molecule has 0 spiro atoms. The zero-order chi connectivity index (χ0) is 13.4. The summed E-state index contributed by atoms with van der Waals surface area (Å²) in [6.07, 6.45) is 3.05. The molecule has 100 valence electrons. The highest BCUT2D eigenvalue weighted by atomic mass is 79.9. The molecule has 1 aromatic carbocycles. The summed E-state index contributed by atoms with van der Waals surface area (Å²) in [5.41, 5.74) is 2.29. The van der Waals surface area contributed by atoms with Crippen molar-refractivity contribution in [1.29, 1.82) is 0 Å². The first-order chi connectivity index (χ1) is 8.67. The van der Waals surface area contributed by atoms with Gasteiger partial charge in [-0.1, -0.05) is 24.6 Å². The van der Waals surface area contributed by atoms with Crippen molar-refractivity contribution in [2.45, 2.75) is 13.3 Å². The Bertz CT molecular complexity index is 407. The van der Waals surface area contributed by atoms with E-state index in [1.165, 1.54) is 11.6 Å². The number of ether oxygens (including phenoxy) is 1. The largest absolute Gasteiger partial charge is 0.383 e. The SMILES string of the molecule is CCC(=Cc1ccc(F)c(Br)c1)CNCCOC. The summed E-state index contributed by atoms with van der Waals surface area (Å²) in [4.78, 5) is 0. The molecule has 0 saturated carbocycles. The number of halogens is 2. The van der Waals surface area contributed by atoms with Crippen LogP contribution < -0.4 is 5.32 Å². The van der Waals surface area contributed by atoms with Gasteiger partial charge in [0, 0.05) is 20.2 Å². The summed E-state index contributed by atoms with van der Waals surface area (Å²) in [5, 5.41) is 3.30. The number of hydrogen-bond acceptors (Lipinski definition) is 2. The highest BCUT2D eigenvalue weighted by Crippen LogP contribution is 2.19. The number of methoxy groups -OCH3 is 1. The predicted octanol–water partition coefficient (Wildman–Crippen LogP) is 3.62. The molecule has 0 atom stereocenters. The Balaban J connectivity index is 2.62. The molecule has 2 nitrogen and oxygen atoms in total. The van der Waals surface area contributed by atoms with Crippen molar-refractivity contribution in [3.05, 3.63) is 39.6 Å². The highest BCUT2D eigenvalue weighted by Gasteiger charge is 2.00. The number of rotatable bonds is 7. The third-order valence-corrected chi connectivity index (χ3v) is 3.21. The van der Waals surface area contributed by atoms with E-state index in [1.54, 1.807) is 19.2 Å². The lowest BCUT2D eigenvalue weighted by atomic mass is 10.1. The van der Waals surface area contributed by atoms with Gasteiger partial charge in [0.05, 0.1) is 11.1 Å². The van der Waals surface area contributed by atoms with Gasteiger partial charge in [-0.15, -0.1) is 0 Å². The smallest absolute Gasteiger partial charge is 0.137 e. The van der Waals surface area contributed by atoms with Gasteiger partial charge in [-0.3, -0.25) is 0 Å². The van der Waals surface area contributed by atoms with Crippen molar-refractivity contribution in [3.8, 4) is 0 Å². The van der Waals surface area contributed by atoms with Crippen LogP contribution in [0.2, 0.25) is 0 Å². The van der Waals surface area contributed by atoms with E-state index in [0.29, 0.717) is 11.1 Å². The quantitative estimate of drug-likeness (QED) is 0.776. The van der Waals surface area contributed by atoms with Crippen LogP contribution in [0.15, 0.2) is 28.2 Å². The van der Waals surface area contributed by atoms with Crippen molar-refractivity contribution in [2.75, 3.05) is 26.8 Å². The normalized spacial score (nSPS) is 11.9. The Morgan fingerprint density at radius 2 is 2.28 bits per heavy atom. The fourth-order valence-corrected chi connectivity index (χ4v) is 1.94. The number of hydrogen-bond donors (Lipinski definition) is 1. The lowest BCUT2D eigenvalue weighted by Crippen LogP contribution is -2.21. The molecule has 0 aliphatic rings. The van der Waals surface area contributed by atoms with Crippen LogP contribution in [0.4, 0.5) is 4.39 Å². The molecule has 0 unspecified atom stereocenters. The lowest BCUT2D eigenvalue weighted by Gasteiger charge is -2.07. The van der Waals surface area contributed by atoms with Crippen LogP contribution in [0.1, 0.15) is 18.9 Å². The van der Waals surface area contributed by atoms with Crippen LogP contribution in [0, 0.1) is 5.82 Å². The van der Waals surface area contributed by atoms with Gasteiger partial charge >= 0.3 is 0 Å². The summed E-state index contributed by atoms with van der Waals surface area (Å²) < 4.78 is 18.6. The minimum absolute atomic E-state index is 0.233. The molecule has 0 amide bonds. The number of benzene rings is 1. The van der Waals surface area contributed by atoms with Crippen LogP contribution in [-0.4, -0.2) is 26.8 Å². The molecule has 1 rings (SSSR count). The maximum absolute atomic E-state index is 13.1. The first-order valence-electron chi connectivity index (χ1n) is 6.01. The van der Waals surface area contributed by atoms with Gasteiger partial charge < -0.3 is 10.1 Å². The van der Waals surface area contributed by atoms with E-state index in [9.17, 15) is 4.39 Å². The Hall–Kier alpha value is -0.710. The van der Waals surface area contributed by atoms with Crippen LogP contribution in [0.3, 0.4) is 0 Å². The number of nitrogens with one attached hydrogen (secondary N) is 1. The van der Waals surface area contributed by atoms with Crippen molar-refractivity contribution in [3.63, 3.8) is 0 Å². The standard InChI is InChI=1S/C14H19BrFNO/c1-3-11(10-17-6-7-18-2)8-12-4-5-14(16)13(15)9-12/h4-5,8-9,17H,3,6-7,10H2,1-2H3.